The van der Waals surface area contributed by atoms with Crippen LogP contribution in [-0.4, -0.2) is 15.2 Å². The SMILES string of the molecule is Fc1ccc2c(c1)C(c1ccccc1)(c1nc(=S)[nH][nH]1)c1cc(F)ccc1-2. The Balaban J connectivity index is 2.01. The van der Waals surface area contributed by atoms with E-state index >= 15 is 0 Å². The van der Waals surface area contributed by atoms with Gasteiger partial charge in [0.15, 0.2) is 0 Å². The van der Waals surface area contributed by atoms with E-state index in [1.54, 1.807) is 12.1 Å². The summed E-state index contributed by atoms with van der Waals surface area (Å²) >= 11 is 5.17. The van der Waals surface area contributed by atoms with Crippen molar-refractivity contribution in [2.45, 2.75) is 5.41 Å². The van der Waals surface area contributed by atoms with E-state index in [0.717, 1.165) is 16.7 Å². The molecule has 2 N–H and O–H groups in total. The normalized spacial score (nSPS) is 14.0. The topological polar surface area (TPSA) is 44.5 Å². The summed E-state index contributed by atoms with van der Waals surface area (Å²) in [5.41, 5.74) is 2.94. The van der Waals surface area contributed by atoms with Gasteiger partial charge in [-0.05, 0) is 64.3 Å². The Morgan fingerprint density at radius 2 is 1.37 bits per heavy atom. The van der Waals surface area contributed by atoms with Crippen LogP contribution >= 0.6 is 12.2 Å². The molecule has 0 radical (unpaired) electrons. The average molecular weight is 377 g/mol. The number of aromatic nitrogens is 3. The van der Waals surface area contributed by atoms with Crippen LogP contribution in [0.25, 0.3) is 11.1 Å². The summed E-state index contributed by atoms with van der Waals surface area (Å²) < 4.78 is 28.9. The average Bonchev–Trinajstić information content (AvgIpc) is 3.21. The molecule has 0 spiro atoms. The van der Waals surface area contributed by atoms with E-state index in [0.29, 0.717) is 17.0 Å². The van der Waals surface area contributed by atoms with Gasteiger partial charge in [-0.3, -0.25) is 10.2 Å². The Hall–Kier alpha value is -3.12. The lowest BCUT2D eigenvalue weighted by molar-refractivity contribution is 0.611. The summed E-state index contributed by atoms with van der Waals surface area (Å²) in [7, 11) is 0. The van der Waals surface area contributed by atoms with E-state index in [1.807, 2.05) is 30.3 Å². The molecule has 1 aliphatic rings. The zero-order valence-corrected chi connectivity index (χ0v) is 14.8. The molecule has 0 saturated carbocycles. The largest absolute Gasteiger partial charge is 0.284 e. The number of nitrogens with zero attached hydrogens (tertiary/aromatic N) is 1. The van der Waals surface area contributed by atoms with Crippen LogP contribution in [-0.2, 0) is 5.41 Å². The van der Waals surface area contributed by atoms with Crippen LogP contribution in [0.3, 0.4) is 0 Å². The number of rotatable bonds is 2. The molecule has 5 rings (SSSR count). The summed E-state index contributed by atoms with van der Waals surface area (Å²) in [6, 6.07) is 18.8. The van der Waals surface area contributed by atoms with E-state index in [4.69, 9.17) is 12.2 Å². The molecule has 1 aromatic heterocycles. The Morgan fingerprint density at radius 1 is 0.778 bits per heavy atom. The first kappa shape index (κ1) is 16.1. The number of nitrogens with one attached hydrogen (secondary N) is 2. The van der Waals surface area contributed by atoms with Crippen molar-refractivity contribution in [2.75, 3.05) is 0 Å². The van der Waals surface area contributed by atoms with Crippen molar-refractivity contribution in [1.29, 1.82) is 0 Å². The van der Waals surface area contributed by atoms with Gasteiger partial charge in [-0.2, -0.15) is 0 Å². The summed E-state index contributed by atoms with van der Waals surface area (Å²) in [6.45, 7) is 0. The number of aromatic amines is 2. The molecule has 132 valence electrons. The summed E-state index contributed by atoms with van der Waals surface area (Å²) in [6.07, 6.45) is 0. The Labute approximate surface area is 158 Å². The second kappa shape index (κ2) is 5.69. The molecule has 3 nitrogen and oxygen atoms in total. The molecule has 27 heavy (non-hydrogen) atoms. The van der Waals surface area contributed by atoms with Gasteiger partial charge in [0.25, 0.3) is 0 Å². The lowest BCUT2D eigenvalue weighted by Crippen LogP contribution is -2.30. The second-order valence-electron chi connectivity index (χ2n) is 6.51. The third-order valence-electron chi connectivity index (χ3n) is 5.12. The lowest BCUT2D eigenvalue weighted by atomic mass is 9.71. The molecular weight excluding hydrogens is 364 g/mol. The fourth-order valence-electron chi connectivity index (χ4n) is 4.11. The molecule has 0 bridgehead atoms. The monoisotopic (exact) mass is 377 g/mol. The standard InChI is InChI=1S/C21H13F2N3S/c22-13-6-8-15-16-9-7-14(23)11-18(16)21(17(15)10-13,12-4-2-1-3-5-12)19-24-20(27)26-25-19/h1-11H,(H2,24,25,26,27). The first-order valence-electron chi connectivity index (χ1n) is 8.42. The van der Waals surface area contributed by atoms with Crippen molar-refractivity contribution in [2.24, 2.45) is 0 Å². The summed E-state index contributed by atoms with van der Waals surface area (Å²) in [5.74, 6) is -0.233. The number of hydrogen-bond acceptors (Lipinski definition) is 2. The minimum atomic E-state index is -0.996. The van der Waals surface area contributed by atoms with E-state index in [1.165, 1.54) is 24.3 Å². The van der Waals surface area contributed by atoms with Gasteiger partial charge in [-0.1, -0.05) is 42.5 Å². The minimum Gasteiger partial charge on any atom is -0.284 e. The maximum absolute atomic E-state index is 14.3. The molecule has 0 saturated heterocycles. The highest BCUT2D eigenvalue weighted by atomic mass is 32.1. The van der Waals surface area contributed by atoms with E-state index in [-0.39, 0.29) is 16.4 Å². The smallest absolute Gasteiger partial charge is 0.213 e. The van der Waals surface area contributed by atoms with Crippen molar-refractivity contribution in [1.82, 2.24) is 15.2 Å². The van der Waals surface area contributed by atoms with Crippen LogP contribution in [0, 0.1) is 16.4 Å². The molecule has 6 heteroatoms. The number of hydrogen-bond donors (Lipinski definition) is 2. The first-order chi connectivity index (χ1) is 13.1. The van der Waals surface area contributed by atoms with Crippen LogP contribution < -0.4 is 0 Å². The van der Waals surface area contributed by atoms with Gasteiger partial charge in [0.1, 0.15) is 22.9 Å². The third-order valence-corrected chi connectivity index (χ3v) is 5.32. The fraction of sp³-hybridized carbons (Fsp3) is 0.0476. The Morgan fingerprint density at radius 3 is 1.89 bits per heavy atom. The summed E-state index contributed by atoms with van der Waals surface area (Å²) in [5, 5.41) is 5.84. The summed E-state index contributed by atoms with van der Waals surface area (Å²) in [4.78, 5) is 4.46. The van der Waals surface area contributed by atoms with E-state index in [9.17, 15) is 8.78 Å². The first-order valence-corrected chi connectivity index (χ1v) is 8.82. The molecule has 0 amide bonds. The van der Waals surface area contributed by atoms with Crippen LogP contribution in [0.15, 0.2) is 66.7 Å². The molecule has 4 aromatic rings. The lowest BCUT2D eigenvalue weighted by Gasteiger charge is -2.30. The zero-order valence-electron chi connectivity index (χ0n) is 14.0. The molecule has 0 atom stereocenters. The van der Waals surface area contributed by atoms with Gasteiger partial charge < -0.3 is 0 Å². The second-order valence-corrected chi connectivity index (χ2v) is 6.90. The van der Waals surface area contributed by atoms with Crippen LogP contribution in [0.4, 0.5) is 8.78 Å². The van der Waals surface area contributed by atoms with Gasteiger partial charge in [0.2, 0.25) is 4.77 Å². The highest BCUT2D eigenvalue weighted by Gasteiger charge is 2.48. The molecule has 1 aliphatic carbocycles. The van der Waals surface area contributed by atoms with Crippen LogP contribution in [0.5, 0.6) is 0 Å². The molecule has 0 aliphatic heterocycles. The highest BCUT2D eigenvalue weighted by Crippen LogP contribution is 2.55. The highest BCUT2D eigenvalue weighted by molar-refractivity contribution is 7.71. The van der Waals surface area contributed by atoms with Gasteiger partial charge in [-0.15, -0.1) is 0 Å². The van der Waals surface area contributed by atoms with E-state index in [2.05, 4.69) is 15.2 Å². The van der Waals surface area contributed by atoms with Gasteiger partial charge in [0.05, 0.1) is 0 Å². The molecule has 3 aromatic carbocycles. The number of benzene rings is 3. The quantitative estimate of drug-likeness (QED) is 0.420. The Bertz CT molecular complexity index is 1180. The van der Waals surface area contributed by atoms with Crippen molar-refractivity contribution in [3.8, 4) is 11.1 Å². The zero-order chi connectivity index (χ0) is 18.6. The number of fused-ring (bicyclic) bond motifs is 3. The van der Waals surface area contributed by atoms with Gasteiger partial charge in [-0.25, -0.2) is 13.8 Å². The van der Waals surface area contributed by atoms with Crippen molar-refractivity contribution < 1.29 is 8.78 Å². The molecular formula is C21H13F2N3S. The van der Waals surface area contributed by atoms with Crippen molar-refractivity contribution in [3.63, 3.8) is 0 Å². The maximum atomic E-state index is 14.3. The molecule has 0 unspecified atom stereocenters. The van der Waals surface area contributed by atoms with Crippen molar-refractivity contribution in [3.05, 3.63) is 106 Å². The van der Waals surface area contributed by atoms with Crippen LogP contribution in [0.1, 0.15) is 22.5 Å². The number of H-pyrrole nitrogens is 2. The molecule has 0 fully saturated rings. The van der Waals surface area contributed by atoms with E-state index < -0.39 is 5.41 Å². The minimum absolute atomic E-state index is 0.281. The predicted octanol–water partition coefficient (Wildman–Crippen LogP) is 5.11. The van der Waals surface area contributed by atoms with Crippen LogP contribution in [0.2, 0.25) is 0 Å². The maximum Gasteiger partial charge on any atom is 0.213 e. The third kappa shape index (κ3) is 2.16. The van der Waals surface area contributed by atoms with Gasteiger partial charge >= 0.3 is 0 Å². The predicted molar refractivity (Wildman–Crippen MR) is 101 cm³/mol. The Kier molecular flexibility index (Phi) is 3.39. The molecule has 1 heterocycles. The fourth-order valence-corrected chi connectivity index (χ4v) is 4.25. The number of halogens is 2. The van der Waals surface area contributed by atoms with Gasteiger partial charge in [0, 0.05) is 0 Å². The van der Waals surface area contributed by atoms with Crippen molar-refractivity contribution >= 4 is 12.2 Å².